The summed E-state index contributed by atoms with van der Waals surface area (Å²) in [6.45, 7) is 7.77. The molecule has 2 rings (SSSR count). The number of halogens is 1. The van der Waals surface area contributed by atoms with Crippen LogP contribution in [0.25, 0.3) is 0 Å². The van der Waals surface area contributed by atoms with E-state index >= 15 is 0 Å². The largest absolute Gasteiger partial charge is 0.494 e. The van der Waals surface area contributed by atoms with Crippen molar-refractivity contribution in [2.24, 2.45) is 5.73 Å². The smallest absolute Gasteiger partial charge is 0.122 e. The number of benzene rings is 1. The van der Waals surface area contributed by atoms with E-state index in [0.717, 1.165) is 22.9 Å². The van der Waals surface area contributed by atoms with Crippen LogP contribution in [-0.4, -0.2) is 37.2 Å². The highest BCUT2D eigenvalue weighted by Crippen LogP contribution is 2.36. The average Bonchev–Trinajstić information content (AvgIpc) is 2.51. The van der Waals surface area contributed by atoms with Crippen LogP contribution in [0.15, 0.2) is 18.2 Å². The van der Waals surface area contributed by atoms with Gasteiger partial charge in [-0.05, 0) is 51.1 Å². The highest BCUT2D eigenvalue weighted by molar-refractivity contribution is 6.30. The molecule has 0 aromatic heterocycles. The molecule has 0 spiro atoms. The molecular weight excluding hydrogens is 284 g/mol. The van der Waals surface area contributed by atoms with Gasteiger partial charge in [0.05, 0.1) is 6.61 Å². The van der Waals surface area contributed by atoms with Gasteiger partial charge in [0.25, 0.3) is 0 Å². The molecule has 1 aromatic carbocycles. The molecule has 21 heavy (non-hydrogen) atoms. The molecule has 2 unspecified atom stereocenters. The van der Waals surface area contributed by atoms with E-state index in [-0.39, 0.29) is 5.92 Å². The molecule has 1 aliphatic heterocycles. The van der Waals surface area contributed by atoms with Gasteiger partial charge in [0.1, 0.15) is 5.75 Å². The Bertz CT molecular complexity index is 452. The molecule has 2 N–H and O–H groups in total. The van der Waals surface area contributed by atoms with Crippen LogP contribution in [0.3, 0.4) is 0 Å². The van der Waals surface area contributed by atoms with Crippen LogP contribution in [0.5, 0.6) is 5.75 Å². The summed E-state index contributed by atoms with van der Waals surface area (Å²) in [5, 5.41) is 0.755. The van der Waals surface area contributed by atoms with Crippen LogP contribution in [0.4, 0.5) is 0 Å². The Morgan fingerprint density at radius 2 is 2.19 bits per heavy atom. The van der Waals surface area contributed by atoms with E-state index in [4.69, 9.17) is 22.1 Å². The number of rotatable bonds is 6. The molecule has 4 heteroatoms. The number of nitrogens with two attached hydrogens (primary N) is 1. The molecule has 0 saturated carbocycles. The number of hydrogen-bond acceptors (Lipinski definition) is 3. The van der Waals surface area contributed by atoms with Crippen molar-refractivity contribution in [1.82, 2.24) is 4.90 Å². The van der Waals surface area contributed by atoms with E-state index in [1.54, 1.807) is 0 Å². The number of likely N-dealkylation sites (N-methyl/N-ethyl adjacent to an activating group) is 1. The highest BCUT2D eigenvalue weighted by atomic mass is 35.5. The van der Waals surface area contributed by atoms with Crippen molar-refractivity contribution < 1.29 is 4.74 Å². The average molecular weight is 311 g/mol. The molecule has 1 saturated heterocycles. The number of piperidine rings is 1. The van der Waals surface area contributed by atoms with Crippen molar-refractivity contribution >= 4 is 11.6 Å². The number of likely N-dealkylation sites (tertiary alicyclic amines) is 1. The van der Waals surface area contributed by atoms with Crippen molar-refractivity contribution in [1.29, 1.82) is 0 Å². The quantitative estimate of drug-likeness (QED) is 0.871. The summed E-state index contributed by atoms with van der Waals surface area (Å²) in [5.74, 6) is 1.21. The fraction of sp³-hybridized carbons (Fsp3) is 0.647. The molecule has 0 bridgehead atoms. The Hall–Kier alpha value is -0.770. The normalized spacial score (nSPS) is 21.2. The van der Waals surface area contributed by atoms with Gasteiger partial charge in [-0.3, -0.25) is 0 Å². The molecule has 0 amide bonds. The van der Waals surface area contributed by atoms with E-state index < -0.39 is 0 Å². The molecule has 0 radical (unpaired) electrons. The molecule has 3 nitrogen and oxygen atoms in total. The minimum absolute atomic E-state index is 0.283. The van der Waals surface area contributed by atoms with E-state index in [1.165, 1.54) is 25.8 Å². The third kappa shape index (κ3) is 3.91. The van der Waals surface area contributed by atoms with Gasteiger partial charge in [-0.15, -0.1) is 0 Å². The first-order valence-corrected chi connectivity index (χ1v) is 8.45. The lowest BCUT2D eigenvalue weighted by molar-refractivity contribution is 0.132. The molecule has 118 valence electrons. The zero-order chi connectivity index (χ0) is 15.2. The van der Waals surface area contributed by atoms with Gasteiger partial charge in [-0.2, -0.15) is 0 Å². The molecule has 1 aliphatic rings. The van der Waals surface area contributed by atoms with E-state index in [9.17, 15) is 0 Å². The van der Waals surface area contributed by atoms with Crippen LogP contribution in [0.1, 0.15) is 44.6 Å². The third-order valence-electron chi connectivity index (χ3n) is 4.46. The predicted molar refractivity (Wildman–Crippen MR) is 89.3 cm³/mol. The molecule has 0 aliphatic carbocycles. The SMILES string of the molecule is CCOc1ccc(Cl)cc1C(CN)C1CCCCN1CC. The lowest BCUT2D eigenvalue weighted by Crippen LogP contribution is -2.45. The van der Waals surface area contributed by atoms with E-state index in [0.29, 0.717) is 19.2 Å². The van der Waals surface area contributed by atoms with Gasteiger partial charge in [0.15, 0.2) is 0 Å². The lowest BCUT2D eigenvalue weighted by Gasteiger charge is -2.40. The summed E-state index contributed by atoms with van der Waals surface area (Å²) in [7, 11) is 0. The molecule has 1 heterocycles. The Morgan fingerprint density at radius 1 is 1.38 bits per heavy atom. The first-order chi connectivity index (χ1) is 10.2. The van der Waals surface area contributed by atoms with Crippen LogP contribution < -0.4 is 10.5 Å². The number of ether oxygens (including phenoxy) is 1. The van der Waals surface area contributed by atoms with Gasteiger partial charge >= 0.3 is 0 Å². The van der Waals surface area contributed by atoms with Crippen LogP contribution in [0.2, 0.25) is 5.02 Å². The summed E-state index contributed by atoms with van der Waals surface area (Å²) in [5.41, 5.74) is 7.31. The van der Waals surface area contributed by atoms with Crippen molar-refractivity contribution in [2.45, 2.75) is 45.1 Å². The van der Waals surface area contributed by atoms with Gasteiger partial charge in [0, 0.05) is 29.1 Å². The summed E-state index contributed by atoms with van der Waals surface area (Å²) in [6, 6.07) is 6.39. The van der Waals surface area contributed by atoms with Gasteiger partial charge in [-0.1, -0.05) is 24.9 Å². The maximum Gasteiger partial charge on any atom is 0.122 e. The molecular formula is C17H27ClN2O. The summed E-state index contributed by atoms with van der Waals surface area (Å²) < 4.78 is 5.80. The monoisotopic (exact) mass is 310 g/mol. The Balaban J connectivity index is 2.33. The predicted octanol–water partition coefficient (Wildman–Crippen LogP) is 3.66. The second kappa shape index (κ2) is 8.02. The van der Waals surface area contributed by atoms with Crippen LogP contribution in [0, 0.1) is 0 Å². The first-order valence-electron chi connectivity index (χ1n) is 8.07. The van der Waals surface area contributed by atoms with E-state index in [2.05, 4.69) is 11.8 Å². The summed E-state index contributed by atoms with van der Waals surface area (Å²) in [4.78, 5) is 2.55. The minimum Gasteiger partial charge on any atom is -0.494 e. The standard InChI is InChI=1S/C17H27ClN2O/c1-3-20-10-6-5-7-16(20)15(12-19)14-11-13(18)8-9-17(14)21-4-2/h8-9,11,15-16H,3-7,10,12,19H2,1-2H3. The molecule has 1 aromatic rings. The van der Waals surface area contributed by atoms with Crippen LogP contribution >= 0.6 is 11.6 Å². The van der Waals surface area contributed by atoms with Crippen molar-refractivity contribution in [3.05, 3.63) is 28.8 Å². The van der Waals surface area contributed by atoms with E-state index in [1.807, 2.05) is 25.1 Å². The number of nitrogens with zero attached hydrogens (tertiary/aromatic N) is 1. The Labute approximate surface area is 133 Å². The molecule has 1 fully saturated rings. The second-order valence-electron chi connectivity index (χ2n) is 5.65. The summed E-state index contributed by atoms with van der Waals surface area (Å²) in [6.07, 6.45) is 3.77. The summed E-state index contributed by atoms with van der Waals surface area (Å²) >= 11 is 6.22. The van der Waals surface area contributed by atoms with Crippen molar-refractivity contribution in [3.63, 3.8) is 0 Å². The maximum absolute atomic E-state index is 6.22. The highest BCUT2D eigenvalue weighted by Gasteiger charge is 2.31. The topological polar surface area (TPSA) is 38.5 Å². The Kier molecular flexibility index (Phi) is 6.34. The first kappa shape index (κ1) is 16.6. The fourth-order valence-corrected chi connectivity index (χ4v) is 3.63. The maximum atomic E-state index is 6.22. The van der Waals surface area contributed by atoms with Gasteiger partial charge in [-0.25, -0.2) is 0 Å². The number of hydrogen-bond donors (Lipinski definition) is 1. The van der Waals surface area contributed by atoms with Crippen molar-refractivity contribution in [2.75, 3.05) is 26.2 Å². The fourth-order valence-electron chi connectivity index (χ4n) is 3.45. The van der Waals surface area contributed by atoms with Gasteiger partial charge < -0.3 is 15.4 Å². The second-order valence-corrected chi connectivity index (χ2v) is 6.09. The lowest BCUT2D eigenvalue weighted by atomic mass is 9.84. The minimum atomic E-state index is 0.283. The molecule has 2 atom stereocenters. The van der Waals surface area contributed by atoms with Crippen LogP contribution in [-0.2, 0) is 0 Å². The third-order valence-corrected chi connectivity index (χ3v) is 4.70. The van der Waals surface area contributed by atoms with Crippen molar-refractivity contribution in [3.8, 4) is 5.75 Å². The zero-order valence-corrected chi connectivity index (χ0v) is 13.9. The Morgan fingerprint density at radius 3 is 2.86 bits per heavy atom. The van der Waals surface area contributed by atoms with Gasteiger partial charge in [0.2, 0.25) is 0 Å². The zero-order valence-electron chi connectivity index (χ0n) is 13.1.